The summed E-state index contributed by atoms with van der Waals surface area (Å²) in [6.07, 6.45) is -2.55. The van der Waals surface area contributed by atoms with Crippen LogP contribution >= 0.6 is 0 Å². The van der Waals surface area contributed by atoms with Gasteiger partial charge in [0.2, 0.25) is 16.4 Å². The molecule has 1 aromatic rings. The molecule has 4 nitrogen and oxygen atoms in total. The molecule has 0 bridgehead atoms. The first kappa shape index (κ1) is 14.1. The van der Waals surface area contributed by atoms with Crippen LogP contribution in [0.5, 0.6) is 5.75 Å². The van der Waals surface area contributed by atoms with Gasteiger partial charge in [0, 0.05) is 19.0 Å². The summed E-state index contributed by atoms with van der Waals surface area (Å²) in [7, 11) is -2.74. The molecule has 0 N–H and O–H groups in total. The van der Waals surface area contributed by atoms with Gasteiger partial charge in [-0.1, -0.05) is 0 Å². The molecular formula is C11H12F3NO3S. The molecule has 0 amide bonds. The van der Waals surface area contributed by atoms with Crippen molar-refractivity contribution in [2.24, 2.45) is 5.92 Å². The third-order valence-electron chi connectivity index (χ3n) is 2.98. The fourth-order valence-electron chi connectivity index (χ4n) is 1.82. The molecule has 0 atom stereocenters. The molecule has 2 rings (SSSR count). The van der Waals surface area contributed by atoms with Crippen LogP contribution in [0.25, 0.3) is 0 Å². The van der Waals surface area contributed by atoms with Gasteiger partial charge in [0.1, 0.15) is 16.5 Å². The molecular weight excluding hydrogens is 283 g/mol. The number of ether oxygens (including phenoxy) is 1. The molecule has 1 aromatic carbocycles. The van der Waals surface area contributed by atoms with Crippen LogP contribution in [0.4, 0.5) is 13.2 Å². The minimum Gasteiger partial charge on any atom is -0.495 e. The zero-order chi connectivity index (χ0) is 14.2. The third kappa shape index (κ3) is 2.55. The number of benzene rings is 1. The monoisotopic (exact) mass is 295 g/mol. The van der Waals surface area contributed by atoms with E-state index in [9.17, 15) is 21.6 Å². The minimum atomic E-state index is -4.00. The van der Waals surface area contributed by atoms with E-state index in [-0.39, 0.29) is 23.7 Å². The summed E-state index contributed by atoms with van der Waals surface area (Å²) in [5.41, 5.74) is 0. The van der Waals surface area contributed by atoms with Crippen LogP contribution in [0.15, 0.2) is 23.1 Å². The number of rotatable bonds is 4. The molecule has 0 unspecified atom stereocenters. The Morgan fingerprint density at radius 1 is 1.37 bits per heavy atom. The summed E-state index contributed by atoms with van der Waals surface area (Å²) in [5, 5.41) is 0. The minimum absolute atomic E-state index is 0.0121. The molecule has 0 spiro atoms. The van der Waals surface area contributed by atoms with Crippen molar-refractivity contribution in [2.75, 3.05) is 20.2 Å². The molecule has 19 heavy (non-hydrogen) atoms. The van der Waals surface area contributed by atoms with Gasteiger partial charge in [-0.3, -0.25) is 0 Å². The number of halogens is 3. The lowest BCUT2D eigenvalue weighted by Crippen LogP contribution is -2.52. The van der Waals surface area contributed by atoms with Crippen LogP contribution in [-0.4, -0.2) is 39.3 Å². The third-order valence-corrected chi connectivity index (χ3v) is 4.83. The lowest BCUT2D eigenvalue weighted by molar-refractivity contribution is 0.0123. The Balaban J connectivity index is 2.29. The van der Waals surface area contributed by atoms with Crippen LogP contribution in [-0.2, 0) is 10.0 Å². The first-order valence-electron chi connectivity index (χ1n) is 5.48. The van der Waals surface area contributed by atoms with E-state index in [4.69, 9.17) is 4.74 Å². The van der Waals surface area contributed by atoms with Gasteiger partial charge in [-0.05, 0) is 18.2 Å². The largest absolute Gasteiger partial charge is 0.495 e. The molecule has 1 saturated heterocycles. The zero-order valence-corrected chi connectivity index (χ0v) is 10.8. The topological polar surface area (TPSA) is 46.6 Å². The van der Waals surface area contributed by atoms with Gasteiger partial charge < -0.3 is 4.74 Å². The lowest BCUT2D eigenvalue weighted by atomic mass is 10.1. The van der Waals surface area contributed by atoms with E-state index in [1.54, 1.807) is 0 Å². The van der Waals surface area contributed by atoms with Crippen LogP contribution in [0.1, 0.15) is 0 Å². The second-order valence-electron chi connectivity index (χ2n) is 4.21. The summed E-state index contributed by atoms with van der Waals surface area (Å²) >= 11 is 0. The predicted molar refractivity (Wildman–Crippen MR) is 61.2 cm³/mol. The Bertz CT molecular complexity index is 571. The molecule has 1 heterocycles. The van der Waals surface area contributed by atoms with Crippen molar-refractivity contribution in [3.63, 3.8) is 0 Å². The SMILES string of the molecule is COc1ccc(F)cc1S(=O)(=O)N1CC(C(F)F)C1. The molecule has 0 aliphatic carbocycles. The smallest absolute Gasteiger partial charge is 0.246 e. The van der Waals surface area contributed by atoms with Crippen molar-refractivity contribution >= 4 is 10.0 Å². The summed E-state index contributed by atoms with van der Waals surface area (Å²) in [4.78, 5) is -0.345. The van der Waals surface area contributed by atoms with Crippen LogP contribution in [0, 0.1) is 11.7 Å². The highest BCUT2D eigenvalue weighted by atomic mass is 32.2. The molecule has 1 aliphatic heterocycles. The molecule has 0 radical (unpaired) electrons. The van der Waals surface area contributed by atoms with Crippen molar-refractivity contribution < 1.29 is 26.3 Å². The van der Waals surface area contributed by atoms with E-state index in [1.807, 2.05) is 0 Å². The van der Waals surface area contributed by atoms with Gasteiger partial charge in [0.05, 0.1) is 7.11 Å². The fourth-order valence-corrected chi connectivity index (χ4v) is 3.54. The number of nitrogens with zero attached hydrogens (tertiary/aromatic N) is 1. The van der Waals surface area contributed by atoms with E-state index in [0.717, 1.165) is 16.4 Å². The second-order valence-corrected chi connectivity index (χ2v) is 6.12. The molecule has 1 aliphatic rings. The van der Waals surface area contributed by atoms with Crippen molar-refractivity contribution in [1.29, 1.82) is 0 Å². The standard InChI is InChI=1S/C11H12F3NO3S/c1-18-9-3-2-8(12)4-10(9)19(16,17)15-5-7(6-15)11(13)14/h2-4,7,11H,5-6H2,1H3. The number of hydrogen-bond acceptors (Lipinski definition) is 3. The normalized spacial score (nSPS) is 17.5. The van der Waals surface area contributed by atoms with Gasteiger partial charge in [0.15, 0.2) is 0 Å². The maximum atomic E-state index is 13.1. The molecule has 8 heteroatoms. The Kier molecular flexibility index (Phi) is 3.73. The summed E-state index contributed by atoms with van der Waals surface area (Å²) in [6, 6.07) is 3.08. The van der Waals surface area contributed by atoms with Gasteiger partial charge >= 0.3 is 0 Å². The van der Waals surface area contributed by atoms with Gasteiger partial charge in [-0.15, -0.1) is 0 Å². The predicted octanol–water partition coefficient (Wildman–Crippen LogP) is 1.72. The average Bonchev–Trinajstić information content (AvgIpc) is 2.25. The maximum Gasteiger partial charge on any atom is 0.246 e. The first-order valence-corrected chi connectivity index (χ1v) is 6.92. The van der Waals surface area contributed by atoms with Gasteiger partial charge in [-0.25, -0.2) is 21.6 Å². The number of hydrogen-bond donors (Lipinski definition) is 0. The van der Waals surface area contributed by atoms with Crippen molar-refractivity contribution in [2.45, 2.75) is 11.3 Å². The maximum absolute atomic E-state index is 13.1. The summed E-state index contributed by atoms with van der Waals surface area (Å²) < 4.78 is 67.9. The second kappa shape index (κ2) is 5.01. The van der Waals surface area contributed by atoms with Crippen molar-refractivity contribution in [1.82, 2.24) is 4.31 Å². The Labute approximate surface area is 108 Å². The van der Waals surface area contributed by atoms with Crippen LogP contribution < -0.4 is 4.74 Å². The number of sulfonamides is 1. The van der Waals surface area contributed by atoms with Crippen molar-refractivity contribution in [3.8, 4) is 5.75 Å². The van der Waals surface area contributed by atoms with E-state index >= 15 is 0 Å². The number of methoxy groups -OCH3 is 1. The van der Waals surface area contributed by atoms with Gasteiger partial charge in [0.25, 0.3) is 0 Å². The molecule has 106 valence electrons. The lowest BCUT2D eigenvalue weighted by Gasteiger charge is -2.37. The first-order chi connectivity index (χ1) is 8.86. The van der Waals surface area contributed by atoms with E-state index in [1.165, 1.54) is 13.2 Å². The van der Waals surface area contributed by atoms with E-state index < -0.39 is 28.2 Å². The quantitative estimate of drug-likeness (QED) is 0.849. The highest BCUT2D eigenvalue weighted by molar-refractivity contribution is 7.89. The Morgan fingerprint density at radius 3 is 2.53 bits per heavy atom. The number of alkyl halides is 2. The van der Waals surface area contributed by atoms with Crippen LogP contribution in [0.2, 0.25) is 0 Å². The molecule has 0 saturated carbocycles. The Morgan fingerprint density at radius 2 is 2.00 bits per heavy atom. The highest BCUT2D eigenvalue weighted by Gasteiger charge is 2.42. The summed E-state index contributed by atoms with van der Waals surface area (Å²) in [6.45, 7) is -0.528. The fraction of sp³-hybridized carbons (Fsp3) is 0.455. The van der Waals surface area contributed by atoms with E-state index in [2.05, 4.69) is 0 Å². The molecule has 1 fully saturated rings. The van der Waals surface area contributed by atoms with Crippen molar-refractivity contribution in [3.05, 3.63) is 24.0 Å². The highest BCUT2D eigenvalue weighted by Crippen LogP contribution is 2.33. The van der Waals surface area contributed by atoms with E-state index in [0.29, 0.717) is 0 Å². The summed E-state index contributed by atoms with van der Waals surface area (Å²) in [5.74, 6) is -1.71. The van der Waals surface area contributed by atoms with Gasteiger partial charge in [-0.2, -0.15) is 4.31 Å². The average molecular weight is 295 g/mol. The Hall–Kier alpha value is -1.28. The zero-order valence-electron chi connectivity index (χ0n) is 10.0. The van der Waals surface area contributed by atoms with Crippen LogP contribution in [0.3, 0.4) is 0 Å². The molecule has 0 aromatic heterocycles.